The van der Waals surface area contributed by atoms with Gasteiger partial charge < -0.3 is 4.98 Å². The molecule has 1 saturated carbocycles. The smallest absolute Gasteiger partial charge is 0.280 e. The molecule has 2 unspecified atom stereocenters. The Morgan fingerprint density at radius 1 is 1.47 bits per heavy atom. The second kappa shape index (κ2) is 3.18. The first-order chi connectivity index (χ1) is 9.01. The first-order valence-corrected chi connectivity index (χ1v) is 6.75. The van der Waals surface area contributed by atoms with Gasteiger partial charge in [-0.25, -0.2) is 9.98 Å². The number of fused-ring (bicyclic) bond motifs is 5. The second-order valence-corrected chi connectivity index (χ2v) is 5.93. The Balaban J connectivity index is 1.94. The van der Waals surface area contributed by atoms with Crippen LogP contribution in [0.2, 0.25) is 0 Å². The molecule has 1 aromatic heterocycles. The molecule has 1 amide bonds. The Morgan fingerprint density at radius 3 is 3.05 bits per heavy atom. The topological polar surface area (TPSA) is 64.6 Å². The van der Waals surface area contributed by atoms with Gasteiger partial charge in [-0.15, -0.1) is 0 Å². The number of nitrogens with zero attached hydrogens (tertiary/aromatic N) is 4. The van der Waals surface area contributed by atoms with Gasteiger partial charge in [-0.3, -0.25) is 14.6 Å². The van der Waals surface area contributed by atoms with Crippen LogP contribution in [0.3, 0.4) is 0 Å². The van der Waals surface area contributed by atoms with Crippen molar-refractivity contribution in [1.29, 1.82) is 0 Å². The van der Waals surface area contributed by atoms with E-state index in [-0.39, 0.29) is 11.4 Å². The van der Waals surface area contributed by atoms with Gasteiger partial charge in [0.05, 0.1) is 11.6 Å². The summed E-state index contributed by atoms with van der Waals surface area (Å²) >= 11 is 0. The molecular weight excluding hydrogens is 242 g/mol. The molecule has 6 nitrogen and oxygen atoms in total. The fraction of sp³-hybridized carbons (Fsp3) is 0.615. The van der Waals surface area contributed by atoms with Crippen molar-refractivity contribution in [3.63, 3.8) is 0 Å². The molecule has 100 valence electrons. The third-order valence-electron chi connectivity index (χ3n) is 4.61. The van der Waals surface area contributed by atoms with Crippen LogP contribution in [0, 0.1) is 6.92 Å². The lowest BCUT2D eigenvalue weighted by molar-refractivity contribution is 0.0860. The summed E-state index contributed by atoms with van der Waals surface area (Å²) in [4.78, 5) is 28.6. The molecular formula is C13H17N5O. The third kappa shape index (κ3) is 1.19. The summed E-state index contributed by atoms with van der Waals surface area (Å²) in [6, 6.07) is 0.333. The Kier molecular flexibility index (Phi) is 1.84. The van der Waals surface area contributed by atoms with Crippen molar-refractivity contribution in [2.45, 2.75) is 44.7 Å². The minimum Gasteiger partial charge on any atom is -0.336 e. The molecule has 3 heterocycles. The number of guanidine groups is 1. The van der Waals surface area contributed by atoms with E-state index < -0.39 is 0 Å². The summed E-state index contributed by atoms with van der Waals surface area (Å²) in [7, 11) is 1.79. The largest absolute Gasteiger partial charge is 0.336 e. The number of hydrogen-bond acceptors (Lipinski definition) is 4. The number of amides is 1. The molecule has 6 heteroatoms. The molecule has 1 fully saturated rings. The van der Waals surface area contributed by atoms with Gasteiger partial charge in [0.25, 0.3) is 5.91 Å². The highest BCUT2D eigenvalue weighted by Crippen LogP contribution is 2.45. The number of carbonyl (C=O) groups excluding carboxylic acids is 1. The van der Waals surface area contributed by atoms with Gasteiger partial charge in [-0.2, -0.15) is 0 Å². The maximum absolute atomic E-state index is 12.3. The zero-order valence-electron chi connectivity index (χ0n) is 11.4. The number of anilines is 1. The zero-order chi connectivity index (χ0) is 13.4. The Bertz CT molecular complexity index is 619. The van der Waals surface area contributed by atoms with Crippen LogP contribution in [0.4, 0.5) is 5.82 Å². The molecule has 0 saturated heterocycles. The lowest BCUT2D eigenvalue weighted by Gasteiger charge is -2.34. The maximum Gasteiger partial charge on any atom is 0.280 e. The van der Waals surface area contributed by atoms with Gasteiger partial charge in [0.1, 0.15) is 11.5 Å². The van der Waals surface area contributed by atoms with E-state index in [9.17, 15) is 4.79 Å². The van der Waals surface area contributed by atoms with Gasteiger partial charge in [0, 0.05) is 7.05 Å². The van der Waals surface area contributed by atoms with Crippen LogP contribution >= 0.6 is 0 Å². The normalized spacial score (nSPS) is 32.3. The number of aromatic nitrogens is 2. The van der Waals surface area contributed by atoms with Gasteiger partial charge >= 0.3 is 0 Å². The van der Waals surface area contributed by atoms with Crippen molar-refractivity contribution in [2.75, 3.05) is 11.9 Å². The first kappa shape index (κ1) is 11.0. The average Bonchev–Trinajstić information content (AvgIpc) is 2.96. The number of aryl methyl sites for hydroxylation is 1. The van der Waals surface area contributed by atoms with Crippen LogP contribution in [0.5, 0.6) is 0 Å². The predicted octanol–water partition coefficient (Wildman–Crippen LogP) is 1.29. The summed E-state index contributed by atoms with van der Waals surface area (Å²) in [6.45, 7) is 4.07. The summed E-state index contributed by atoms with van der Waals surface area (Å²) < 4.78 is 0. The van der Waals surface area contributed by atoms with E-state index in [1.807, 2.05) is 6.92 Å². The fourth-order valence-electron chi connectivity index (χ4n) is 3.63. The number of aromatic amines is 1. The number of nitrogens with one attached hydrogen (secondary N) is 1. The molecule has 19 heavy (non-hydrogen) atoms. The summed E-state index contributed by atoms with van der Waals surface area (Å²) in [5.74, 6) is 2.25. The second-order valence-electron chi connectivity index (χ2n) is 5.93. The van der Waals surface area contributed by atoms with Crippen LogP contribution in [0.1, 0.15) is 42.5 Å². The molecule has 0 aromatic carbocycles. The average molecular weight is 259 g/mol. The van der Waals surface area contributed by atoms with E-state index in [0.29, 0.717) is 11.7 Å². The van der Waals surface area contributed by atoms with E-state index in [1.54, 1.807) is 11.9 Å². The number of rotatable bonds is 0. The quantitative estimate of drug-likeness (QED) is 0.763. The van der Waals surface area contributed by atoms with Crippen molar-refractivity contribution in [2.24, 2.45) is 4.99 Å². The van der Waals surface area contributed by atoms with Crippen LogP contribution in [0.15, 0.2) is 4.99 Å². The molecule has 1 aliphatic carbocycles. The Labute approximate surface area is 111 Å². The minimum absolute atomic E-state index is 0.0471. The number of H-pyrrole nitrogens is 1. The van der Waals surface area contributed by atoms with Crippen molar-refractivity contribution >= 4 is 17.7 Å². The molecule has 0 radical (unpaired) electrons. The van der Waals surface area contributed by atoms with Crippen LogP contribution in [-0.4, -0.2) is 45.4 Å². The fourth-order valence-corrected chi connectivity index (χ4v) is 3.63. The predicted molar refractivity (Wildman–Crippen MR) is 71.4 cm³/mol. The van der Waals surface area contributed by atoms with Crippen LogP contribution < -0.4 is 4.90 Å². The summed E-state index contributed by atoms with van der Waals surface area (Å²) in [5.41, 5.74) is 0.522. The van der Waals surface area contributed by atoms with Crippen LogP contribution in [0.25, 0.3) is 0 Å². The Hall–Kier alpha value is -1.85. The zero-order valence-corrected chi connectivity index (χ0v) is 11.4. The SMILES string of the molecule is Cc1nc2c([nH]1)C(=O)N(C)C1=NC3(C)CCCC3N12. The van der Waals surface area contributed by atoms with Crippen molar-refractivity contribution in [3.8, 4) is 0 Å². The molecule has 1 aromatic rings. The molecule has 2 atom stereocenters. The summed E-state index contributed by atoms with van der Waals surface area (Å²) in [6.07, 6.45) is 3.38. The number of carbonyl (C=O) groups is 1. The summed E-state index contributed by atoms with van der Waals surface area (Å²) in [5, 5.41) is 0. The number of hydrogen-bond donors (Lipinski definition) is 1. The lowest BCUT2D eigenvalue weighted by atomic mass is 9.97. The van der Waals surface area contributed by atoms with Crippen molar-refractivity contribution < 1.29 is 4.79 Å². The molecule has 0 spiro atoms. The van der Waals surface area contributed by atoms with Gasteiger partial charge in [0.2, 0.25) is 5.96 Å². The lowest BCUT2D eigenvalue weighted by Crippen LogP contribution is -2.52. The van der Waals surface area contributed by atoms with E-state index in [1.165, 1.54) is 6.42 Å². The van der Waals surface area contributed by atoms with Crippen molar-refractivity contribution in [3.05, 3.63) is 11.5 Å². The molecule has 2 aliphatic heterocycles. The van der Waals surface area contributed by atoms with E-state index in [2.05, 4.69) is 21.8 Å². The number of imidazole rings is 1. The molecule has 1 N–H and O–H groups in total. The van der Waals surface area contributed by atoms with Crippen molar-refractivity contribution in [1.82, 2.24) is 14.9 Å². The Morgan fingerprint density at radius 2 is 2.26 bits per heavy atom. The van der Waals surface area contributed by atoms with E-state index in [0.717, 1.165) is 30.4 Å². The molecule has 3 aliphatic rings. The van der Waals surface area contributed by atoms with Gasteiger partial charge in [-0.05, 0) is 33.1 Å². The first-order valence-electron chi connectivity index (χ1n) is 6.75. The third-order valence-corrected chi connectivity index (χ3v) is 4.61. The van der Waals surface area contributed by atoms with E-state index >= 15 is 0 Å². The van der Waals surface area contributed by atoms with E-state index in [4.69, 9.17) is 4.99 Å². The molecule has 0 bridgehead atoms. The minimum atomic E-state index is -0.0711. The maximum atomic E-state index is 12.3. The molecule has 4 rings (SSSR count). The highest BCUT2D eigenvalue weighted by atomic mass is 16.2. The van der Waals surface area contributed by atoms with Gasteiger partial charge in [0.15, 0.2) is 5.82 Å². The number of aliphatic imine (C=N–C) groups is 1. The van der Waals surface area contributed by atoms with Crippen LogP contribution in [-0.2, 0) is 0 Å². The monoisotopic (exact) mass is 259 g/mol. The highest BCUT2D eigenvalue weighted by Gasteiger charge is 2.53. The standard InChI is InChI=1S/C13H17N5O/c1-7-14-9-10(15-7)18-8-5-4-6-13(8,2)16-12(18)17(3)11(9)19/h8H,4-6H2,1-3H3,(H,14,15). The van der Waals surface area contributed by atoms with Gasteiger partial charge in [-0.1, -0.05) is 0 Å². The highest BCUT2D eigenvalue weighted by molar-refractivity contribution is 6.18.